The Balaban J connectivity index is 1.98. The third-order valence-electron chi connectivity index (χ3n) is 3.99. The molecule has 1 N–H and O–H groups in total. The Morgan fingerprint density at radius 2 is 2.00 bits per heavy atom. The molecule has 2 atom stereocenters. The molecule has 0 spiro atoms. The Hall–Kier alpha value is -1.03. The number of benzene rings is 2. The molecule has 21 heavy (non-hydrogen) atoms. The fourth-order valence-corrected chi connectivity index (χ4v) is 3.51. The fourth-order valence-electron chi connectivity index (χ4n) is 2.91. The fraction of sp³-hybridized carbons (Fsp3) is 0.294. The smallest absolute Gasteiger partial charge is 0.126 e. The molecule has 0 aliphatic carbocycles. The van der Waals surface area contributed by atoms with Crippen molar-refractivity contribution in [2.75, 3.05) is 7.05 Å². The van der Waals surface area contributed by atoms with Crippen LogP contribution in [0.1, 0.15) is 35.3 Å². The van der Waals surface area contributed by atoms with E-state index < -0.39 is 0 Å². The van der Waals surface area contributed by atoms with Crippen LogP contribution in [-0.2, 0) is 0 Å². The van der Waals surface area contributed by atoms with Gasteiger partial charge in [-0.1, -0.05) is 33.6 Å². The normalized spacial score (nSPS) is 20.8. The Morgan fingerprint density at radius 3 is 2.71 bits per heavy atom. The molecule has 1 aliphatic heterocycles. The standard InChI is InChI=1S/C17H17BrClNO/c1-10-7-12(19)4-5-13(10)17-9-15(20-2)14-8-11(18)3-6-16(14)21-17/h3-8,15,17,20H,9H2,1-2H3. The van der Waals surface area contributed by atoms with Crippen LogP contribution in [-0.4, -0.2) is 7.05 Å². The summed E-state index contributed by atoms with van der Waals surface area (Å²) in [4.78, 5) is 0. The van der Waals surface area contributed by atoms with E-state index in [0.29, 0.717) is 0 Å². The van der Waals surface area contributed by atoms with Gasteiger partial charge in [-0.2, -0.15) is 0 Å². The van der Waals surface area contributed by atoms with Crippen molar-refractivity contribution in [2.45, 2.75) is 25.5 Å². The lowest BCUT2D eigenvalue weighted by Crippen LogP contribution is -2.27. The summed E-state index contributed by atoms with van der Waals surface area (Å²) < 4.78 is 7.30. The van der Waals surface area contributed by atoms with Gasteiger partial charge in [-0.15, -0.1) is 0 Å². The van der Waals surface area contributed by atoms with Crippen LogP contribution >= 0.6 is 27.5 Å². The van der Waals surface area contributed by atoms with E-state index in [0.717, 1.165) is 21.7 Å². The van der Waals surface area contributed by atoms with Crippen LogP contribution in [0.5, 0.6) is 5.75 Å². The average Bonchev–Trinajstić information content (AvgIpc) is 2.46. The minimum absolute atomic E-state index is 0.0494. The first-order valence-electron chi connectivity index (χ1n) is 6.98. The van der Waals surface area contributed by atoms with Crippen LogP contribution in [0.3, 0.4) is 0 Å². The highest BCUT2D eigenvalue weighted by molar-refractivity contribution is 9.10. The molecule has 2 nitrogen and oxygen atoms in total. The molecule has 0 amide bonds. The van der Waals surface area contributed by atoms with Crippen molar-refractivity contribution in [2.24, 2.45) is 0 Å². The lowest BCUT2D eigenvalue weighted by atomic mass is 9.91. The molecular weight excluding hydrogens is 350 g/mol. The molecule has 0 saturated carbocycles. The van der Waals surface area contributed by atoms with Crippen LogP contribution in [0, 0.1) is 6.92 Å². The van der Waals surface area contributed by atoms with Crippen LogP contribution in [0.4, 0.5) is 0 Å². The minimum Gasteiger partial charge on any atom is -0.485 e. The summed E-state index contributed by atoms with van der Waals surface area (Å²) >= 11 is 9.58. The summed E-state index contributed by atoms with van der Waals surface area (Å²) in [5.41, 5.74) is 3.57. The molecule has 1 heterocycles. The maximum atomic E-state index is 6.22. The molecule has 110 valence electrons. The number of hydrogen-bond acceptors (Lipinski definition) is 2. The summed E-state index contributed by atoms with van der Waals surface area (Å²) in [6, 6.07) is 12.4. The lowest BCUT2D eigenvalue weighted by Gasteiger charge is -2.33. The Morgan fingerprint density at radius 1 is 1.19 bits per heavy atom. The van der Waals surface area contributed by atoms with Gasteiger partial charge in [0.2, 0.25) is 0 Å². The summed E-state index contributed by atoms with van der Waals surface area (Å²) in [5.74, 6) is 0.947. The van der Waals surface area contributed by atoms with Gasteiger partial charge in [0.15, 0.2) is 0 Å². The SMILES string of the molecule is CNC1CC(c2ccc(Cl)cc2C)Oc2ccc(Br)cc21. The second kappa shape index (κ2) is 5.99. The van der Waals surface area contributed by atoms with Crippen molar-refractivity contribution in [1.82, 2.24) is 5.32 Å². The first-order chi connectivity index (χ1) is 10.1. The Bertz CT molecular complexity index is 674. The van der Waals surface area contributed by atoms with E-state index >= 15 is 0 Å². The van der Waals surface area contributed by atoms with E-state index in [1.165, 1.54) is 16.7 Å². The van der Waals surface area contributed by atoms with Gasteiger partial charge in [-0.05, 0) is 55.4 Å². The molecule has 3 rings (SSSR count). The topological polar surface area (TPSA) is 21.3 Å². The van der Waals surface area contributed by atoms with E-state index in [1.807, 2.05) is 31.3 Å². The third-order valence-corrected chi connectivity index (χ3v) is 4.72. The molecule has 0 bridgehead atoms. The number of fused-ring (bicyclic) bond motifs is 1. The molecular formula is C17H17BrClNO. The van der Waals surface area contributed by atoms with E-state index in [2.05, 4.69) is 40.3 Å². The highest BCUT2D eigenvalue weighted by Gasteiger charge is 2.29. The van der Waals surface area contributed by atoms with Gasteiger partial charge >= 0.3 is 0 Å². The summed E-state index contributed by atoms with van der Waals surface area (Å²) in [6.45, 7) is 2.08. The first-order valence-corrected chi connectivity index (χ1v) is 8.15. The van der Waals surface area contributed by atoms with Crippen molar-refractivity contribution < 1.29 is 4.74 Å². The van der Waals surface area contributed by atoms with Crippen LogP contribution in [0.2, 0.25) is 5.02 Å². The number of rotatable bonds is 2. The zero-order chi connectivity index (χ0) is 15.0. The van der Waals surface area contributed by atoms with Gasteiger partial charge in [0, 0.05) is 27.5 Å². The van der Waals surface area contributed by atoms with Gasteiger partial charge in [0.05, 0.1) is 0 Å². The quantitative estimate of drug-likeness (QED) is 0.789. The predicted octanol–water partition coefficient (Wildman–Crippen LogP) is 5.20. The van der Waals surface area contributed by atoms with Crippen LogP contribution in [0.25, 0.3) is 0 Å². The van der Waals surface area contributed by atoms with Gasteiger partial charge in [0.25, 0.3) is 0 Å². The average molecular weight is 367 g/mol. The maximum Gasteiger partial charge on any atom is 0.126 e. The molecule has 0 saturated heterocycles. The molecule has 2 aromatic rings. The van der Waals surface area contributed by atoms with Crippen molar-refractivity contribution >= 4 is 27.5 Å². The predicted molar refractivity (Wildman–Crippen MR) is 90.1 cm³/mol. The molecule has 2 unspecified atom stereocenters. The van der Waals surface area contributed by atoms with Crippen molar-refractivity contribution in [1.29, 1.82) is 0 Å². The summed E-state index contributed by atoms with van der Waals surface area (Å²) in [6.07, 6.45) is 0.955. The van der Waals surface area contributed by atoms with E-state index in [-0.39, 0.29) is 12.1 Å². The highest BCUT2D eigenvalue weighted by atomic mass is 79.9. The highest BCUT2D eigenvalue weighted by Crippen LogP contribution is 2.42. The Kier molecular flexibility index (Phi) is 4.25. The van der Waals surface area contributed by atoms with Gasteiger partial charge in [0.1, 0.15) is 11.9 Å². The zero-order valence-corrected chi connectivity index (χ0v) is 14.3. The Labute approximate surface area is 138 Å². The second-order valence-electron chi connectivity index (χ2n) is 5.37. The first kappa shape index (κ1) is 14.9. The molecule has 4 heteroatoms. The maximum absolute atomic E-state index is 6.22. The largest absolute Gasteiger partial charge is 0.485 e. The lowest BCUT2D eigenvalue weighted by molar-refractivity contribution is 0.153. The zero-order valence-electron chi connectivity index (χ0n) is 12.0. The number of hydrogen-bond donors (Lipinski definition) is 1. The van der Waals surface area contributed by atoms with E-state index in [4.69, 9.17) is 16.3 Å². The molecule has 0 aromatic heterocycles. The van der Waals surface area contributed by atoms with E-state index in [9.17, 15) is 0 Å². The number of nitrogens with one attached hydrogen (secondary N) is 1. The number of ether oxygens (including phenoxy) is 1. The molecule has 1 aliphatic rings. The third kappa shape index (κ3) is 2.96. The number of halogens is 2. The molecule has 0 fully saturated rings. The van der Waals surface area contributed by atoms with E-state index in [1.54, 1.807) is 0 Å². The summed E-state index contributed by atoms with van der Waals surface area (Å²) in [5, 5.41) is 4.16. The van der Waals surface area contributed by atoms with Gasteiger partial charge < -0.3 is 10.1 Å². The van der Waals surface area contributed by atoms with Gasteiger partial charge in [-0.3, -0.25) is 0 Å². The van der Waals surface area contributed by atoms with Crippen molar-refractivity contribution in [3.8, 4) is 5.75 Å². The summed E-state index contributed by atoms with van der Waals surface area (Å²) in [7, 11) is 1.99. The second-order valence-corrected chi connectivity index (χ2v) is 6.72. The van der Waals surface area contributed by atoms with Crippen LogP contribution in [0.15, 0.2) is 40.9 Å². The van der Waals surface area contributed by atoms with Crippen molar-refractivity contribution in [3.63, 3.8) is 0 Å². The molecule has 2 aromatic carbocycles. The minimum atomic E-state index is 0.0494. The van der Waals surface area contributed by atoms with Crippen LogP contribution < -0.4 is 10.1 Å². The van der Waals surface area contributed by atoms with Gasteiger partial charge in [-0.25, -0.2) is 0 Å². The monoisotopic (exact) mass is 365 g/mol. The number of aryl methyl sites for hydroxylation is 1. The molecule has 0 radical (unpaired) electrons. The van der Waals surface area contributed by atoms with Crippen molar-refractivity contribution in [3.05, 3.63) is 62.6 Å².